The van der Waals surface area contributed by atoms with Crippen LogP contribution in [0.25, 0.3) is 10.9 Å². The van der Waals surface area contributed by atoms with E-state index >= 15 is 0 Å². The van der Waals surface area contributed by atoms with E-state index in [0.717, 1.165) is 45.6 Å². The lowest BCUT2D eigenvalue weighted by atomic mass is 10.0. The maximum Gasteiger partial charge on any atom is 0.303 e. The van der Waals surface area contributed by atoms with Crippen LogP contribution in [-0.2, 0) is 11.2 Å². The summed E-state index contributed by atoms with van der Waals surface area (Å²) in [4.78, 5) is 15.3. The van der Waals surface area contributed by atoms with Crippen molar-refractivity contribution in [3.8, 4) is 11.5 Å². The number of rotatable bonds is 9. The van der Waals surface area contributed by atoms with Gasteiger partial charge in [0.1, 0.15) is 17.0 Å². The third-order valence-corrected chi connectivity index (χ3v) is 4.87. The van der Waals surface area contributed by atoms with Crippen LogP contribution in [0, 0.1) is 13.8 Å². The molecule has 1 atom stereocenters. The number of carbonyl (C=O) groups is 1. The van der Waals surface area contributed by atoms with Gasteiger partial charge in [-0.2, -0.15) is 0 Å². The summed E-state index contributed by atoms with van der Waals surface area (Å²) in [6.07, 6.45) is 1.39. The van der Waals surface area contributed by atoms with Crippen LogP contribution in [-0.4, -0.2) is 28.8 Å². The topological polar surface area (TPSA) is 68.7 Å². The Morgan fingerprint density at radius 1 is 1.14 bits per heavy atom. The van der Waals surface area contributed by atoms with Crippen LogP contribution in [0.5, 0.6) is 11.5 Å². The first-order valence-corrected chi connectivity index (χ1v) is 9.89. The van der Waals surface area contributed by atoms with Crippen LogP contribution in [0.1, 0.15) is 36.6 Å². The minimum Gasteiger partial charge on any atom is -0.493 e. The zero-order valence-electron chi connectivity index (χ0n) is 17.1. The summed E-state index contributed by atoms with van der Waals surface area (Å²) >= 11 is 0. The van der Waals surface area contributed by atoms with Gasteiger partial charge in [0, 0.05) is 23.9 Å². The molecule has 3 aromatic rings. The molecule has 0 saturated heterocycles. The van der Waals surface area contributed by atoms with Crippen molar-refractivity contribution in [1.82, 2.24) is 4.98 Å². The molecule has 5 nitrogen and oxygen atoms in total. The highest BCUT2D eigenvalue weighted by molar-refractivity contribution is 5.84. The third-order valence-electron chi connectivity index (χ3n) is 4.87. The van der Waals surface area contributed by atoms with Crippen molar-refractivity contribution in [2.24, 2.45) is 0 Å². The van der Waals surface area contributed by atoms with E-state index in [1.165, 1.54) is 0 Å². The molecule has 1 N–H and O–H groups in total. The van der Waals surface area contributed by atoms with E-state index in [1.807, 2.05) is 63.2 Å². The summed E-state index contributed by atoms with van der Waals surface area (Å²) in [7, 11) is 0. The number of carboxylic acids is 1. The standard InChI is InChI=1S/C24H27NO4/c1-16-15-21(11-9-19(16)10-12-23(26)27)28-14-13-18(3)29-22-6-4-5-20-8-7-17(2)25-24(20)22/h4-9,11,15,18H,10,12-14H2,1-3H3,(H,26,27)/t18-/m1/s1. The Morgan fingerprint density at radius 3 is 2.72 bits per heavy atom. The first kappa shape index (κ1) is 20.6. The molecular formula is C24H27NO4. The third kappa shape index (κ3) is 5.70. The average molecular weight is 393 g/mol. The van der Waals surface area contributed by atoms with E-state index in [0.29, 0.717) is 13.0 Å². The molecule has 29 heavy (non-hydrogen) atoms. The summed E-state index contributed by atoms with van der Waals surface area (Å²) in [5, 5.41) is 9.89. The van der Waals surface area contributed by atoms with Crippen molar-refractivity contribution in [2.45, 2.75) is 46.1 Å². The molecule has 0 spiro atoms. The van der Waals surface area contributed by atoms with Crippen molar-refractivity contribution >= 4 is 16.9 Å². The molecule has 0 unspecified atom stereocenters. The first-order chi connectivity index (χ1) is 13.9. The Morgan fingerprint density at radius 2 is 1.97 bits per heavy atom. The number of nitrogens with zero attached hydrogens (tertiary/aromatic N) is 1. The number of hydrogen-bond donors (Lipinski definition) is 1. The lowest BCUT2D eigenvalue weighted by molar-refractivity contribution is -0.136. The smallest absolute Gasteiger partial charge is 0.303 e. The van der Waals surface area contributed by atoms with E-state index in [1.54, 1.807) is 0 Å². The highest BCUT2D eigenvalue weighted by Crippen LogP contribution is 2.25. The molecule has 0 aliphatic rings. The Hall–Kier alpha value is -3.08. The number of ether oxygens (including phenoxy) is 2. The van der Waals surface area contributed by atoms with Gasteiger partial charge in [-0.15, -0.1) is 0 Å². The molecule has 0 aliphatic heterocycles. The highest BCUT2D eigenvalue weighted by Gasteiger charge is 2.10. The second kappa shape index (κ2) is 9.41. The van der Waals surface area contributed by atoms with Gasteiger partial charge in [-0.05, 0) is 62.6 Å². The van der Waals surface area contributed by atoms with E-state index in [9.17, 15) is 4.79 Å². The fourth-order valence-electron chi connectivity index (χ4n) is 3.21. The van der Waals surface area contributed by atoms with Gasteiger partial charge in [-0.25, -0.2) is 4.98 Å². The molecule has 1 heterocycles. The van der Waals surface area contributed by atoms with Crippen LogP contribution in [0.3, 0.4) is 0 Å². The molecule has 0 fully saturated rings. The number of hydrogen-bond acceptors (Lipinski definition) is 4. The molecule has 3 rings (SSSR count). The van der Waals surface area contributed by atoms with Crippen molar-refractivity contribution in [2.75, 3.05) is 6.61 Å². The van der Waals surface area contributed by atoms with Gasteiger partial charge in [0.15, 0.2) is 0 Å². The van der Waals surface area contributed by atoms with Gasteiger partial charge >= 0.3 is 5.97 Å². The monoisotopic (exact) mass is 393 g/mol. The van der Waals surface area contributed by atoms with E-state index in [4.69, 9.17) is 14.6 Å². The van der Waals surface area contributed by atoms with Crippen molar-refractivity contribution < 1.29 is 19.4 Å². The van der Waals surface area contributed by atoms with E-state index in [2.05, 4.69) is 11.1 Å². The zero-order chi connectivity index (χ0) is 20.8. The second-order valence-corrected chi connectivity index (χ2v) is 7.33. The fraction of sp³-hybridized carbons (Fsp3) is 0.333. The SMILES string of the molecule is Cc1ccc2cccc(O[C@H](C)CCOc3ccc(CCC(=O)O)c(C)c3)c2n1. The number of fused-ring (bicyclic) bond motifs is 1. The number of aromatic nitrogens is 1. The first-order valence-electron chi connectivity index (χ1n) is 9.89. The summed E-state index contributed by atoms with van der Waals surface area (Å²) in [6, 6.07) is 15.8. The average Bonchev–Trinajstić information content (AvgIpc) is 2.67. The predicted molar refractivity (Wildman–Crippen MR) is 114 cm³/mol. The number of benzene rings is 2. The van der Waals surface area contributed by atoms with E-state index in [-0.39, 0.29) is 12.5 Å². The summed E-state index contributed by atoms with van der Waals surface area (Å²) in [5.41, 5.74) is 3.93. The van der Waals surface area contributed by atoms with Gasteiger partial charge in [0.2, 0.25) is 0 Å². The van der Waals surface area contributed by atoms with Gasteiger partial charge < -0.3 is 14.6 Å². The molecule has 1 aromatic heterocycles. The second-order valence-electron chi connectivity index (χ2n) is 7.33. The molecule has 0 bridgehead atoms. The molecule has 0 radical (unpaired) electrons. The number of aryl methyl sites for hydroxylation is 3. The minimum atomic E-state index is -0.782. The molecule has 0 amide bonds. The Kier molecular flexibility index (Phi) is 6.70. The number of aliphatic carboxylic acids is 1. The maximum atomic E-state index is 10.7. The summed E-state index contributed by atoms with van der Waals surface area (Å²) in [6.45, 7) is 6.51. The number of para-hydroxylation sites is 1. The van der Waals surface area contributed by atoms with E-state index < -0.39 is 5.97 Å². The lowest BCUT2D eigenvalue weighted by Gasteiger charge is -2.17. The highest BCUT2D eigenvalue weighted by atomic mass is 16.5. The molecular weight excluding hydrogens is 366 g/mol. The molecule has 0 saturated carbocycles. The van der Waals surface area contributed by atoms with Gasteiger partial charge in [0.25, 0.3) is 0 Å². The predicted octanol–water partition coefficient (Wildman–Crippen LogP) is 5.11. The van der Waals surface area contributed by atoms with Crippen LogP contribution in [0.4, 0.5) is 0 Å². The van der Waals surface area contributed by atoms with Crippen LogP contribution >= 0.6 is 0 Å². The molecule has 0 aliphatic carbocycles. The normalized spacial score (nSPS) is 12.0. The Bertz CT molecular complexity index is 999. The fourth-order valence-corrected chi connectivity index (χ4v) is 3.21. The number of carboxylic acid groups (broad SMARTS) is 1. The molecule has 2 aromatic carbocycles. The number of pyridine rings is 1. The summed E-state index contributed by atoms with van der Waals surface area (Å²) < 4.78 is 12.0. The van der Waals surface area contributed by atoms with Crippen molar-refractivity contribution in [1.29, 1.82) is 0 Å². The lowest BCUT2D eigenvalue weighted by Crippen LogP contribution is -2.16. The minimum absolute atomic E-state index is 0.0150. The zero-order valence-corrected chi connectivity index (χ0v) is 17.1. The maximum absolute atomic E-state index is 10.7. The van der Waals surface area contributed by atoms with Gasteiger partial charge in [-0.1, -0.05) is 24.3 Å². The summed E-state index contributed by atoms with van der Waals surface area (Å²) in [5.74, 6) is 0.795. The molecule has 5 heteroatoms. The van der Waals surface area contributed by atoms with Crippen molar-refractivity contribution in [3.05, 3.63) is 65.4 Å². The Labute approximate surface area is 171 Å². The van der Waals surface area contributed by atoms with Crippen molar-refractivity contribution in [3.63, 3.8) is 0 Å². The Balaban J connectivity index is 1.54. The largest absolute Gasteiger partial charge is 0.493 e. The van der Waals surface area contributed by atoms with Crippen LogP contribution < -0.4 is 9.47 Å². The van der Waals surface area contributed by atoms with Crippen LogP contribution in [0.15, 0.2) is 48.5 Å². The van der Waals surface area contributed by atoms with Crippen LogP contribution in [0.2, 0.25) is 0 Å². The molecule has 152 valence electrons. The van der Waals surface area contributed by atoms with Gasteiger partial charge in [-0.3, -0.25) is 4.79 Å². The van der Waals surface area contributed by atoms with Gasteiger partial charge in [0.05, 0.1) is 12.7 Å². The quantitative estimate of drug-likeness (QED) is 0.547.